The van der Waals surface area contributed by atoms with Gasteiger partial charge in [-0.25, -0.2) is 4.79 Å². The summed E-state index contributed by atoms with van der Waals surface area (Å²) in [5.41, 5.74) is 6.56. The number of carbonyl (C=O) groups excluding carboxylic acids is 1. The number of hydrogen-bond acceptors (Lipinski definition) is 4. The van der Waals surface area contributed by atoms with Crippen LogP contribution in [0.15, 0.2) is 12.3 Å². The third-order valence-electron chi connectivity index (χ3n) is 1.98. The number of aromatic nitrogens is 2. The number of esters is 1. The summed E-state index contributed by atoms with van der Waals surface area (Å²) in [7, 11) is 3.05. The lowest BCUT2D eigenvalue weighted by atomic mass is 10.2. The van der Waals surface area contributed by atoms with Crippen molar-refractivity contribution in [2.24, 2.45) is 12.8 Å². The first-order valence-electron chi connectivity index (χ1n) is 4.67. The molecule has 5 nitrogen and oxygen atoms in total. The molecule has 1 aromatic heterocycles. The number of aryl methyl sites for hydroxylation is 1. The molecule has 0 aliphatic rings. The SMILES string of the molecule is COC(=O)c1c(C=CCCN)cnn1C. The van der Waals surface area contributed by atoms with E-state index in [0.717, 1.165) is 12.0 Å². The van der Waals surface area contributed by atoms with Gasteiger partial charge in [0.15, 0.2) is 5.69 Å². The molecule has 0 aromatic carbocycles. The molecule has 1 aromatic rings. The van der Waals surface area contributed by atoms with Crippen molar-refractivity contribution < 1.29 is 9.53 Å². The minimum absolute atomic E-state index is 0.387. The quantitative estimate of drug-likeness (QED) is 0.736. The summed E-state index contributed by atoms with van der Waals surface area (Å²) in [4.78, 5) is 11.4. The molecule has 0 fully saturated rings. The molecule has 0 unspecified atom stereocenters. The third kappa shape index (κ3) is 2.66. The summed E-state index contributed by atoms with van der Waals surface area (Å²) in [6.45, 7) is 0.588. The van der Waals surface area contributed by atoms with Crippen LogP contribution in [0.1, 0.15) is 22.5 Å². The fourth-order valence-electron chi connectivity index (χ4n) is 1.23. The zero-order valence-corrected chi connectivity index (χ0v) is 8.93. The Bertz CT molecular complexity index is 369. The van der Waals surface area contributed by atoms with Gasteiger partial charge >= 0.3 is 5.97 Å². The highest BCUT2D eigenvalue weighted by molar-refractivity contribution is 5.91. The van der Waals surface area contributed by atoms with Crippen LogP contribution < -0.4 is 5.73 Å². The lowest BCUT2D eigenvalue weighted by molar-refractivity contribution is 0.0588. The Morgan fingerprint density at radius 1 is 1.73 bits per heavy atom. The van der Waals surface area contributed by atoms with E-state index < -0.39 is 0 Å². The fourth-order valence-corrected chi connectivity index (χ4v) is 1.23. The van der Waals surface area contributed by atoms with Crippen LogP contribution in [0.2, 0.25) is 0 Å². The van der Waals surface area contributed by atoms with Crippen LogP contribution in [-0.2, 0) is 11.8 Å². The van der Waals surface area contributed by atoms with Crippen molar-refractivity contribution in [3.8, 4) is 0 Å². The van der Waals surface area contributed by atoms with Crippen LogP contribution in [-0.4, -0.2) is 29.4 Å². The summed E-state index contributed by atoms with van der Waals surface area (Å²) in [5, 5.41) is 4.00. The summed E-state index contributed by atoms with van der Waals surface area (Å²) < 4.78 is 6.16. The van der Waals surface area contributed by atoms with Crippen molar-refractivity contribution >= 4 is 12.0 Å². The number of methoxy groups -OCH3 is 1. The molecule has 2 N–H and O–H groups in total. The van der Waals surface area contributed by atoms with Crippen LogP contribution in [0, 0.1) is 0 Å². The average Bonchev–Trinajstić information content (AvgIpc) is 2.59. The summed E-state index contributed by atoms with van der Waals surface area (Å²) in [5.74, 6) is -0.387. The van der Waals surface area contributed by atoms with E-state index in [1.54, 1.807) is 13.2 Å². The van der Waals surface area contributed by atoms with Gasteiger partial charge in [-0.05, 0) is 13.0 Å². The lowest BCUT2D eigenvalue weighted by Gasteiger charge is -2.00. The highest BCUT2D eigenvalue weighted by atomic mass is 16.5. The minimum Gasteiger partial charge on any atom is -0.464 e. The van der Waals surface area contributed by atoms with E-state index in [2.05, 4.69) is 9.84 Å². The van der Waals surface area contributed by atoms with E-state index in [-0.39, 0.29) is 5.97 Å². The van der Waals surface area contributed by atoms with E-state index in [1.807, 2.05) is 12.2 Å². The molecule has 0 saturated carbocycles. The lowest BCUT2D eigenvalue weighted by Crippen LogP contribution is -2.09. The number of carbonyl (C=O) groups is 1. The second-order valence-electron chi connectivity index (χ2n) is 3.04. The standard InChI is InChI=1S/C10H15N3O2/c1-13-9(10(14)15-2)8(7-12-13)5-3-4-6-11/h3,5,7H,4,6,11H2,1-2H3. The predicted octanol–water partition coefficient (Wildman–Crippen LogP) is 0.569. The molecular weight excluding hydrogens is 194 g/mol. The number of ether oxygens (including phenoxy) is 1. The van der Waals surface area contributed by atoms with Crippen LogP contribution in [0.4, 0.5) is 0 Å². The molecule has 0 atom stereocenters. The third-order valence-corrected chi connectivity index (χ3v) is 1.98. The monoisotopic (exact) mass is 209 g/mol. The molecule has 0 bridgehead atoms. The van der Waals surface area contributed by atoms with Crippen molar-refractivity contribution in [3.63, 3.8) is 0 Å². The molecule has 15 heavy (non-hydrogen) atoms. The molecule has 0 radical (unpaired) electrons. The van der Waals surface area contributed by atoms with Gasteiger partial charge in [0.25, 0.3) is 0 Å². The minimum atomic E-state index is -0.387. The Labute approximate surface area is 88.5 Å². The zero-order chi connectivity index (χ0) is 11.3. The second-order valence-corrected chi connectivity index (χ2v) is 3.04. The summed E-state index contributed by atoms with van der Waals surface area (Å²) in [6, 6.07) is 0. The van der Waals surface area contributed by atoms with Gasteiger partial charge in [0.1, 0.15) is 0 Å². The van der Waals surface area contributed by atoms with E-state index in [4.69, 9.17) is 5.73 Å². The summed E-state index contributed by atoms with van der Waals surface area (Å²) >= 11 is 0. The van der Waals surface area contributed by atoms with Gasteiger partial charge in [0, 0.05) is 12.6 Å². The van der Waals surface area contributed by atoms with Crippen molar-refractivity contribution in [2.45, 2.75) is 6.42 Å². The van der Waals surface area contributed by atoms with Crippen molar-refractivity contribution in [2.75, 3.05) is 13.7 Å². The van der Waals surface area contributed by atoms with Gasteiger partial charge in [-0.2, -0.15) is 5.10 Å². The van der Waals surface area contributed by atoms with Gasteiger partial charge in [-0.3, -0.25) is 4.68 Å². The maximum absolute atomic E-state index is 11.4. The van der Waals surface area contributed by atoms with Gasteiger partial charge < -0.3 is 10.5 Å². The second kappa shape index (κ2) is 5.31. The number of rotatable bonds is 4. The topological polar surface area (TPSA) is 70.1 Å². The fraction of sp³-hybridized carbons (Fsp3) is 0.400. The number of nitrogens with zero attached hydrogens (tertiary/aromatic N) is 2. The molecule has 0 aliphatic heterocycles. The molecule has 0 saturated heterocycles. The molecule has 0 aliphatic carbocycles. The Kier molecular flexibility index (Phi) is 4.05. The molecular formula is C10H15N3O2. The molecule has 0 amide bonds. The highest BCUT2D eigenvalue weighted by Crippen LogP contribution is 2.11. The Morgan fingerprint density at radius 3 is 3.07 bits per heavy atom. The van der Waals surface area contributed by atoms with Crippen LogP contribution in [0.25, 0.3) is 6.08 Å². The molecule has 1 rings (SSSR count). The van der Waals surface area contributed by atoms with Crippen molar-refractivity contribution in [1.29, 1.82) is 0 Å². The molecule has 0 spiro atoms. The van der Waals surface area contributed by atoms with Crippen molar-refractivity contribution in [3.05, 3.63) is 23.5 Å². The van der Waals surface area contributed by atoms with Crippen LogP contribution >= 0.6 is 0 Å². The first-order chi connectivity index (χ1) is 7.20. The van der Waals surface area contributed by atoms with Gasteiger partial charge in [-0.15, -0.1) is 0 Å². The Balaban J connectivity index is 2.93. The maximum atomic E-state index is 11.4. The van der Waals surface area contributed by atoms with E-state index in [9.17, 15) is 4.79 Å². The van der Waals surface area contributed by atoms with Crippen LogP contribution in [0.3, 0.4) is 0 Å². The van der Waals surface area contributed by atoms with Crippen molar-refractivity contribution in [1.82, 2.24) is 9.78 Å². The van der Waals surface area contributed by atoms with E-state index in [0.29, 0.717) is 12.2 Å². The Morgan fingerprint density at radius 2 is 2.47 bits per heavy atom. The zero-order valence-electron chi connectivity index (χ0n) is 8.93. The van der Waals surface area contributed by atoms with E-state index >= 15 is 0 Å². The predicted molar refractivity (Wildman–Crippen MR) is 57.3 cm³/mol. The van der Waals surface area contributed by atoms with Gasteiger partial charge in [-0.1, -0.05) is 12.2 Å². The smallest absolute Gasteiger partial charge is 0.356 e. The van der Waals surface area contributed by atoms with Crippen LogP contribution in [0.5, 0.6) is 0 Å². The first-order valence-corrected chi connectivity index (χ1v) is 4.67. The van der Waals surface area contributed by atoms with Gasteiger partial charge in [0.05, 0.1) is 13.3 Å². The molecule has 5 heteroatoms. The number of nitrogens with two attached hydrogens (primary N) is 1. The summed E-state index contributed by atoms with van der Waals surface area (Å²) in [6.07, 6.45) is 6.13. The highest BCUT2D eigenvalue weighted by Gasteiger charge is 2.14. The van der Waals surface area contributed by atoms with E-state index in [1.165, 1.54) is 11.8 Å². The molecule has 1 heterocycles. The maximum Gasteiger partial charge on any atom is 0.356 e. The molecule has 82 valence electrons. The number of hydrogen-bond donors (Lipinski definition) is 1. The Hall–Kier alpha value is -1.62. The van der Waals surface area contributed by atoms with Gasteiger partial charge in [0.2, 0.25) is 0 Å². The normalized spacial score (nSPS) is 10.9. The first kappa shape index (κ1) is 11.5. The average molecular weight is 209 g/mol. The largest absolute Gasteiger partial charge is 0.464 e.